The second-order valence-corrected chi connectivity index (χ2v) is 26.9. The minimum atomic E-state index is -2.03. The third-order valence-corrected chi connectivity index (χ3v) is 19.6. The van der Waals surface area contributed by atoms with E-state index in [2.05, 4.69) is 51.5 Å². The number of rotatable bonds is 18. The number of terminal acetylenes is 1. The monoisotopic (exact) mass is 1270 g/mol. The quantitative estimate of drug-likeness (QED) is 0.0529. The molecular weight excluding hydrogens is 1190 g/mol. The standard InChI is InChI=1S/C66H76F3N13O8S/c1-6-46-49(67)15-12-41-28-44(83)29-47(54(41)46)56-55(68)57-48(32-70-56)60(81-33-42-13-14-43(34-81)72-42)76-64(74-57)90-27-7-18-77-19-21-78(22-20-77)36-53(86)80-25-23-79(24-26-80)52(85)31-50(39-8-10-40(11-9-39)58-38(2)71-37-91-58)73-61(87)51-30-45(84)35-82(51)62(88)59(65(3,4)5)75-63(89)66(69)16-17-66/h1,8-12,15,28-29,32,37,42-43,45,50-51,59,72,83-84H,7,13-14,16-27,30-31,33-36H2,2-5H3,(H,73,87)(H,75,89)/t42?,43?,45?,50-,51?,59+/m0/s1. The molecule has 0 spiro atoms. The van der Waals surface area contributed by atoms with Gasteiger partial charge in [-0.1, -0.05) is 57.0 Å². The summed E-state index contributed by atoms with van der Waals surface area (Å²) in [6, 6.07) is 10.3. The van der Waals surface area contributed by atoms with Gasteiger partial charge < -0.3 is 55.4 Å². The van der Waals surface area contributed by atoms with Crippen LogP contribution in [0.5, 0.6) is 11.8 Å². The number of pyridine rings is 1. The lowest BCUT2D eigenvalue weighted by Crippen LogP contribution is -2.59. The number of aliphatic hydroxyl groups is 1. The molecule has 5 amide bonds. The number of anilines is 1. The molecule has 6 fully saturated rings. The lowest BCUT2D eigenvalue weighted by Gasteiger charge is -2.38. The largest absolute Gasteiger partial charge is 0.508 e. The molecule has 6 aliphatic rings. The van der Waals surface area contributed by atoms with E-state index < -0.39 is 64.7 Å². The molecule has 0 radical (unpaired) electrons. The number of carbonyl (C=O) groups excluding carboxylic acids is 5. The predicted molar refractivity (Wildman–Crippen MR) is 336 cm³/mol. The number of benzene rings is 3. The number of carbonyl (C=O) groups is 5. The number of alkyl halides is 1. The first-order valence-electron chi connectivity index (χ1n) is 31.3. The van der Waals surface area contributed by atoms with Crippen molar-refractivity contribution in [3.8, 4) is 45.8 Å². The second-order valence-electron chi connectivity index (χ2n) is 26.1. The highest BCUT2D eigenvalue weighted by atomic mass is 32.1. The zero-order valence-electron chi connectivity index (χ0n) is 51.5. The number of phenols is 1. The molecule has 21 nitrogen and oxygen atoms in total. The van der Waals surface area contributed by atoms with E-state index in [1.165, 1.54) is 46.7 Å². The Morgan fingerprint density at radius 2 is 1.58 bits per heavy atom. The van der Waals surface area contributed by atoms with Crippen LogP contribution in [0.25, 0.3) is 43.4 Å². The van der Waals surface area contributed by atoms with Crippen LogP contribution in [-0.4, -0.2) is 212 Å². The molecule has 6 atom stereocenters. The van der Waals surface area contributed by atoms with E-state index in [0.717, 1.165) is 29.0 Å². The number of halogens is 3. The maximum Gasteiger partial charge on any atom is 0.319 e. The molecule has 1 saturated carbocycles. The molecule has 3 aromatic heterocycles. The van der Waals surface area contributed by atoms with Gasteiger partial charge in [0, 0.05) is 114 Å². The molecule has 12 rings (SSSR count). The topological polar surface area (TPSA) is 242 Å². The summed E-state index contributed by atoms with van der Waals surface area (Å²) < 4.78 is 53.3. The van der Waals surface area contributed by atoms with Crippen molar-refractivity contribution in [2.24, 2.45) is 5.41 Å². The zero-order valence-corrected chi connectivity index (χ0v) is 52.3. The van der Waals surface area contributed by atoms with E-state index in [1.54, 1.807) is 36.1 Å². The molecule has 480 valence electrons. The number of aryl methyl sites for hydroxylation is 1. The van der Waals surface area contributed by atoms with Gasteiger partial charge in [0.05, 0.1) is 58.7 Å². The van der Waals surface area contributed by atoms with Gasteiger partial charge >= 0.3 is 6.01 Å². The van der Waals surface area contributed by atoms with Gasteiger partial charge in [0.25, 0.3) is 5.91 Å². The van der Waals surface area contributed by atoms with Crippen LogP contribution in [-0.2, 0) is 24.0 Å². The van der Waals surface area contributed by atoms with Crippen molar-refractivity contribution in [3.05, 3.63) is 88.7 Å². The van der Waals surface area contributed by atoms with Gasteiger partial charge in [0.2, 0.25) is 23.6 Å². The fourth-order valence-corrected chi connectivity index (χ4v) is 14.2. The van der Waals surface area contributed by atoms with Crippen LogP contribution in [0, 0.1) is 36.3 Å². The highest BCUT2D eigenvalue weighted by Crippen LogP contribution is 2.42. The van der Waals surface area contributed by atoms with Crippen LogP contribution in [0.1, 0.15) is 88.6 Å². The maximum atomic E-state index is 17.1. The molecule has 6 aromatic rings. The number of fused-ring (bicyclic) bond motifs is 4. The average Bonchev–Trinajstić information content (AvgIpc) is 1.82. The lowest BCUT2D eigenvalue weighted by atomic mass is 9.85. The number of nitrogens with zero attached hydrogens (tertiary/aromatic N) is 10. The number of aliphatic hydroxyl groups excluding tert-OH is 1. The summed E-state index contributed by atoms with van der Waals surface area (Å²) in [5.74, 6) is -1.10. The van der Waals surface area contributed by atoms with E-state index in [9.17, 15) is 38.6 Å². The number of aromatic hydroxyl groups is 1. The van der Waals surface area contributed by atoms with Crippen molar-refractivity contribution < 1.29 is 52.1 Å². The third-order valence-electron chi connectivity index (χ3n) is 18.6. The highest BCUT2D eigenvalue weighted by Gasteiger charge is 2.53. The molecule has 5 saturated heterocycles. The lowest BCUT2D eigenvalue weighted by molar-refractivity contribution is -0.145. The van der Waals surface area contributed by atoms with Crippen LogP contribution in [0.3, 0.4) is 0 Å². The summed E-state index contributed by atoms with van der Waals surface area (Å²) in [6.07, 6.45) is 8.76. The SMILES string of the molecule is C#Cc1c(F)ccc2cc(O)cc(-c3ncc4c(N5CC6CCC(C5)N6)nc(OCCCN5CCN(CC(=O)N6CCN(C(=O)C[C@H](NC(=O)C7CC(O)CN7C(=O)[C@@H](NC(=O)C7(F)CC7)C(C)(C)C)c7ccc(-c8scnc8C)cc7)CC6)CC5)nc4c3F)c12. The van der Waals surface area contributed by atoms with Crippen LogP contribution in [0.4, 0.5) is 19.0 Å². The van der Waals surface area contributed by atoms with Gasteiger partial charge in [-0.25, -0.2) is 18.2 Å². The Morgan fingerprint density at radius 3 is 2.24 bits per heavy atom. The van der Waals surface area contributed by atoms with Crippen molar-refractivity contribution in [1.29, 1.82) is 0 Å². The Hall–Kier alpha value is -8.02. The fraction of sp³-hybridized carbons (Fsp3) is 0.500. The normalized spacial score (nSPS) is 21.6. The van der Waals surface area contributed by atoms with Gasteiger partial charge in [-0.2, -0.15) is 9.97 Å². The van der Waals surface area contributed by atoms with Gasteiger partial charge in [-0.15, -0.1) is 17.8 Å². The van der Waals surface area contributed by atoms with E-state index in [-0.39, 0.29) is 122 Å². The first kappa shape index (κ1) is 63.1. The number of thiazole rings is 1. The second kappa shape index (κ2) is 25.9. The van der Waals surface area contributed by atoms with Gasteiger partial charge in [0.1, 0.15) is 40.7 Å². The van der Waals surface area contributed by atoms with Gasteiger partial charge in [0.15, 0.2) is 11.5 Å². The number of likely N-dealkylation sites (tertiary alicyclic amines) is 1. The van der Waals surface area contributed by atoms with E-state index >= 15 is 8.78 Å². The minimum absolute atomic E-state index is 0.000606. The number of ether oxygens (including phenoxy) is 1. The Balaban J connectivity index is 0.645. The highest BCUT2D eigenvalue weighted by molar-refractivity contribution is 7.13. The van der Waals surface area contributed by atoms with Crippen LogP contribution >= 0.6 is 11.3 Å². The molecule has 25 heteroatoms. The summed E-state index contributed by atoms with van der Waals surface area (Å²) in [5.41, 5.74) is 1.14. The van der Waals surface area contributed by atoms with Crippen molar-refractivity contribution >= 4 is 68.4 Å². The van der Waals surface area contributed by atoms with Crippen molar-refractivity contribution in [1.82, 2.24) is 60.4 Å². The molecule has 5 aliphatic heterocycles. The summed E-state index contributed by atoms with van der Waals surface area (Å²) in [7, 11) is 0. The summed E-state index contributed by atoms with van der Waals surface area (Å²) in [6.45, 7) is 13.3. The number of hydrogen-bond acceptors (Lipinski definition) is 17. The molecule has 8 heterocycles. The molecule has 5 N–H and O–H groups in total. The summed E-state index contributed by atoms with van der Waals surface area (Å²) >= 11 is 1.50. The number of nitrogens with one attached hydrogen (secondary N) is 3. The van der Waals surface area contributed by atoms with Crippen LogP contribution in [0.15, 0.2) is 60.2 Å². The molecular formula is C66H76F3N13O8S. The van der Waals surface area contributed by atoms with E-state index in [4.69, 9.17) is 16.1 Å². The first-order valence-corrected chi connectivity index (χ1v) is 32.2. The average molecular weight is 1270 g/mol. The van der Waals surface area contributed by atoms with E-state index in [0.29, 0.717) is 87.5 Å². The number of hydrogen-bond donors (Lipinski definition) is 5. The zero-order chi connectivity index (χ0) is 64.0. The van der Waals surface area contributed by atoms with E-state index in [1.807, 2.05) is 31.2 Å². The molecule has 2 bridgehead atoms. The maximum absolute atomic E-state index is 17.1. The Labute approximate surface area is 529 Å². The van der Waals surface area contributed by atoms with Crippen molar-refractivity contribution in [3.63, 3.8) is 0 Å². The van der Waals surface area contributed by atoms with Crippen molar-refractivity contribution in [2.45, 2.75) is 115 Å². The molecule has 3 aromatic carbocycles. The smallest absolute Gasteiger partial charge is 0.319 e. The minimum Gasteiger partial charge on any atom is -0.508 e. The Bertz CT molecular complexity index is 3810. The van der Waals surface area contributed by atoms with Crippen LogP contribution < -0.4 is 25.6 Å². The Morgan fingerprint density at radius 1 is 0.890 bits per heavy atom. The number of aromatic nitrogens is 4. The predicted octanol–water partition coefficient (Wildman–Crippen LogP) is 5.48. The van der Waals surface area contributed by atoms with Crippen molar-refractivity contribution in [2.75, 3.05) is 96.6 Å². The number of β-amino-alcohol motifs (C(OH)–C–C–N with tert-alkyl or cyclic N) is 1. The van der Waals surface area contributed by atoms with Gasteiger partial charge in [-0.05, 0) is 79.2 Å². The fourth-order valence-electron chi connectivity index (χ4n) is 13.3. The first-order chi connectivity index (χ1) is 43.6. The molecule has 4 unspecified atom stereocenters. The third kappa shape index (κ3) is 13.5. The summed E-state index contributed by atoms with van der Waals surface area (Å²) in [4.78, 5) is 100. The number of phenolic OH excluding ortho intramolecular Hbond substituents is 1. The summed E-state index contributed by atoms with van der Waals surface area (Å²) in [5, 5.41) is 31.9. The van der Waals surface area contributed by atoms with Crippen LogP contribution in [0.2, 0.25) is 0 Å². The Kier molecular flexibility index (Phi) is 18.0. The molecule has 91 heavy (non-hydrogen) atoms. The number of piperazine rings is 3. The molecule has 1 aliphatic carbocycles. The van der Waals surface area contributed by atoms with Gasteiger partial charge in [-0.3, -0.25) is 33.9 Å². The number of amides is 5.